The molecule has 0 aromatic heterocycles. The van der Waals surface area contributed by atoms with Crippen LogP contribution in [0.1, 0.15) is 42.4 Å². The molecule has 0 bridgehead atoms. The summed E-state index contributed by atoms with van der Waals surface area (Å²) >= 11 is 0. The fraction of sp³-hybridized carbons (Fsp3) is 0.304. The number of rotatable bonds is 2. The third kappa shape index (κ3) is 3.21. The molecule has 1 fully saturated rings. The predicted octanol–water partition coefficient (Wildman–Crippen LogP) is -0.183. The maximum atomic E-state index is 2.43. The number of fused-ring (bicyclic) bond motifs is 3. The Morgan fingerprint density at radius 1 is 0.769 bits per heavy atom. The van der Waals surface area contributed by atoms with Gasteiger partial charge in [-0.1, -0.05) is 79.6 Å². The summed E-state index contributed by atoms with van der Waals surface area (Å²) in [6.07, 6.45) is 15.8. The number of hydrogen-bond donors (Lipinski definition) is 0. The van der Waals surface area contributed by atoms with Gasteiger partial charge in [0.1, 0.15) is 0 Å². The third-order valence-electron chi connectivity index (χ3n) is 6.27. The van der Waals surface area contributed by atoms with Gasteiger partial charge in [-0.25, -0.2) is 0 Å². The molecule has 1 saturated carbocycles. The van der Waals surface area contributed by atoms with E-state index in [1.807, 2.05) is 0 Å². The first-order valence-corrected chi connectivity index (χ1v) is 8.94. The van der Waals surface area contributed by atoms with Gasteiger partial charge in [0.25, 0.3) is 0 Å². The van der Waals surface area contributed by atoms with Crippen LogP contribution in [0, 0.1) is 5.92 Å². The van der Waals surface area contributed by atoms with Gasteiger partial charge >= 0.3 is 26.2 Å². The Labute approximate surface area is 188 Å². The van der Waals surface area contributed by atoms with Crippen LogP contribution in [0.2, 0.25) is 0 Å². The minimum Gasteiger partial charge on any atom is -1.00 e. The average Bonchev–Trinajstić information content (AvgIpc) is 3.33. The molecule has 0 heterocycles. The Balaban J connectivity index is 0.000000810. The largest absolute Gasteiger partial charge is 2.00 e. The third-order valence-corrected chi connectivity index (χ3v) is 6.27. The molecule has 0 aliphatic heterocycles. The summed E-state index contributed by atoms with van der Waals surface area (Å²) in [7, 11) is 0. The van der Waals surface area contributed by atoms with Gasteiger partial charge in [0.2, 0.25) is 0 Å². The van der Waals surface area contributed by atoms with Crippen LogP contribution in [0.15, 0.2) is 66.8 Å². The molecule has 5 rings (SSSR count). The van der Waals surface area contributed by atoms with Crippen molar-refractivity contribution < 1.29 is 51.0 Å². The van der Waals surface area contributed by atoms with Crippen LogP contribution in [-0.4, -0.2) is 0 Å². The summed E-state index contributed by atoms with van der Waals surface area (Å²) in [6, 6.07) is 16.0. The van der Waals surface area contributed by atoms with Crippen LogP contribution in [0.25, 0.3) is 11.1 Å². The standard InChI is InChI=1S/C23H22.2ClH.Zr/c1-4-11-19-17(8-1)16-21-20(19)12-7-13-22(21)23(14-5-6-15-23)18-9-2-3-10-18;;;/h1-4,7-13,18H,5-6,14-16H2;2*1H;/q;;;+2/p-2. The van der Waals surface area contributed by atoms with Gasteiger partial charge in [-0.3, -0.25) is 0 Å². The zero-order valence-corrected chi connectivity index (χ0v) is 18.7. The van der Waals surface area contributed by atoms with E-state index in [0.29, 0.717) is 11.3 Å². The number of allylic oxidation sites excluding steroid dienone is 4. The fourth-order valence-corrected chi connectivity index (χ4v) is 5.21. The molecule has 0 spiro atoms. The summed E-state index contributed by atoms with van der Waals surface area (Å²) in [5.74, 6) is 0.584. The van der Waals surface area contributed by atoms with E-state index in [1.54, 1.807) is 11.1 Å². The second-order valence-electron chi connectivity index (χ2n) is 7.32. The summed E-state index contributed by atoms with van der Waals surface area (Å²) in [5, 5.41) is 0. The summed E-state index contributed by atoms with van der Waals surface area (Å²) < 4.78 is 0. The molecule has 0 radical (unpaired) electrons. The van der Waals surface area contributed by atoms with Crippen molar-refractivity contribution in [3.8, 4) is 11.1 Å². The Hall–Kier alpha value is -0.617. The fourth-order valence-electron chi connectivity index (χ4n) is 5.21. The zero-order chi connectivity index (χ0) is 15.3. The van der Waals surface area contributed by atoms with E-state index in [-0.39, 0.29) is 51.0 Å². The summed E-state index contributed by atoms with van der Waals surface area (Å²) in [5.41, 5.74) is 8.00. The van der Waals surface area contributed by atoms with Crippen molar-refractivity contribution in [2.75, 3.05) is 0 Å². The first-order valence-electron chi connectivity index (χ1n) is 8.94. The van der Waals surface area contributed by atoms with Crippen molar-refractivity contribution in [1.82, 2.24) is 0 Å². The summed E-state index contributed by atoms with van der Waals surface area (Å²) in [4.78, 5) is 0. The molecule has 0 nitrogen and oxygen atoms in total. The Kier molecular flexibility index (Phi) is 7.17. The number of benzene rings is 2. The van der Waals surface area contributed by atoms with Gasteiger partial charge in [-0.2, -0.15) is 0 Å². The molecule has 3 heteroatoms. The van der Waals surface area contributed by atoms with Gasteiger partial charge in [0.15, 0.2) is 0 Å². The topological polar surface area (TPSA) is 0 Å². The van der Waals surface area contributed by atoms with Crippen LogP contribution in [0.3, 0.4) is 0 Å². The first kappa shape index (κ1) is 21.7. The Morgan fingerprint density at radius 3 is 2.15 bits per heavy atom. The molecular formula is C23H22Cl2Zr. The maximum absolute atomic E-state index is 2.43. The molecule has 3 aliphatic rings. The van der Waals surface area contributed by atoms with Crippen LogP contribution in [0.5, 0.6) is 0 Å². The van der Waals surface area contributed by atoms with Gasteiger partial charge < -0.3 is 24.8 Å². The Morgan fingerprint density at radius 2 is 1.42 bits per heavy atom. The first-order chi connectivity index (χ1) is 11.4. The van der Waals surface area contributed by atoms with Gasteiger partial charge in [-0.05, 0) is 47.1 Å². The van der Waals surface area contributed by atoms with Crippen molar-refractivity contribution >= 4 is 0 Å². The normalized spacial score (nSPS) is 18.5. The molecule has 132 valence electrons. The van der Waals surface area contributed by atoms with Gasteiger partial charge in [0, 0.05) is 11.3 Å². The van der Waals surface area contributed by atoms with Gasteiger partial charge in [-0.15, -0.1) is 0 Å². The predicted molar refractivity (Wildman–Crippen MR) is 96.6 cm³/mol. The second kappa shape index (κ2) is 8.60. The van der Waals surface area contributed by atoms with Crippen molar-refractivity contribution in [2.45, 2.75) is 37.5 Å². The average molecular weight is 461 g/mol. The molecular weight excluding hydrogens is 438 g/mol. The minimum absolute atomic E-state index is 0. The van der Waals surface area contributed by atoms with E-state index in [2.05, 4.69) is 66.8 Å². The molecule has 0 unspecified atom stereocenters. The van der Waals surface area contributed by atoms with Crippen molar-refractivity contribution in [3.05, 3.63) is 83.5 Å². The molecule has 26 heavy (non-hydrogen) atoms. The Bertz CT molecular complexity index is 820. The molecule has 2 aromatic rings. The number of hydrogen-bond acceptors (Lipinski definition) is 0. The monoisotopic (exact) mass is 458 g/mol. The summed E-state index contributed by atoms with van der Waals surface area (Å²) in [6.45, 7) is 0. The van der Waals surface area contributed by atoms with E-state index >= 15 is 0 Å². The van der Waals surface area contributed by atoms with Crippen molar-refractivity contribution in [1.29, 1.82) is 0 Å². The maximum Gasteiger partial charge on any atom is 2.00 e. The van der Waals surface area contributed by atoms with Crippen LogP contribution in [0.4, 0.5) is 0 Å². The van der Waals surface area contributed by atoms with Crippen LogP contribution in [-0.2, 0) is 38.0 Å². The molecule has 0 saturated heterocycles. The SMILES string of the molecule is C1=CC(C2(c3cccc4c3Cc3ccccc3-4)CCCC2)C=C1.[Cl-].[Cl-].[Zr+2]. The van der Waals surface area contributed by atoms with E-state index in [0.717, 1.165) is 6.42 Å². The van der Waals surface area contributed by atoms with E-state index in [1.165, 1.54) is 42.4 Å². The zero-order valence-electron chi connectivity index (χ0n) is 14.7. The van der Waals surface area contributed by atoms with Crippen molar-refractivity contribution in [2.24, 2.45) is 5.92 Å². The van der Waals surface area contributed by atoms with Crippen molar-refractivity contribution in [3.63, 3.8) is 0 Å². The van der Waals surface area contributed by atoms with Crippen LogP contribution >= 0.6 is 0 Å². The second-order valence-corrected chi connectivity index (χ2v) is 7.32. The van der Waals surface area contributed by atoms with E-state index in [9.17, 15) is 0 Å². The van der Waals surface area contributed by atoms with Gasteiger partial charge in [0.05, 0.1) is 0 Å². The molecule has 0 amide bonds. The molecule has 2 aromatic carbocycles. The molecule has 3 aliphatic carbocycles. The van der Waals surface area contributed by atoms with E-state index in [4.69, 9.17) is 0 Å². The minimum atomic E-state index is 0. The molecule has 0 atom stereocenters. The smallest absolute Gasteiger partial charge is 1.00 e. The van der Waals surface area contributed by atoms with E-state index < -0.39 is 0 Å². The number of halogens is 2. The van der Waals surface area contributed by atoms with Crippen LogP contribution < -0.4 is 24.8 Å². The molecule has 0 N–H and O–H groups in total. The quantitative estimate of drug-likeness (QED) is 0.498.